The molecule has 0 bridgehead atoms. The molecule has 0 aromatic carbocycles. The third kappa shape index (κ3) is 3.69. The fourth-order valence-electron chi connectivity index (χ4n) is 3.76. The van der Waals surface area contributed by atoms with Crippen molar-refractivity contribution in [3.8, 4) is 0 Å². The predicted molar refractivity (Wildman–Crippen MR) is 74.3 cm³/mol. The van der Waals surface area contributed by atoms with Crippen LogP contribution >= 0.6 is 0 Å². The van der Waals surface area contributed by atoms with Crippen molar-refractivity contribution in [2.24, 2.45) is 5.92 Å². The molecule has 1 N–H and O–H groups in total. The maximum atomic E-state index is 3.63. The number of piperidine rings is 1. The second-order valence-corrected chi connectivity index (χ2v) is 6.10. The minimum Gasteiger partial charge on any atom is -0.313 e. The first kappa shape index (κ1) is 13.4. The van der Waals surface area contributed by atoms with Crippen LogP contribution in [0.3, 0.4) is 0 Å². The Morgan fingerprint density at radius 1 is 1.18 bits per heavy atom. The van der Waals surface area contributed by atoms with Crippen LogP contribution in [0.2, 0.25) is 0 Å². The van der Waals surface area contributed by atoms with Crippen LogP contribution in [0.15, 0.2) is 0 Å². The van der Waals surface area contributed by atoms with E-state index in [9.17, 15) is 0 Å². The summed E-state index contributed by atoms with van der Waals surface area (Å²) in [5.41, 5.74) is 0. The second-order valence-electron chi connectivity index (χ2n) is 6.10. The average molecular weight is 238 g/mol. The molecule has 2 nitrogen and oxygen atoms in total. The summed E-state index contributed by atoms with van der Waals surface area (Å²) in [5, 5.41) is 3.63. The van der Waals surface area contributed by atoms with Gasteiger partial charge in [-0.2, -0.15) is 0 Å². The molecule has 0 spiro atoms. The predicted octanol–water partition coefficient (Wildman–Crippen LogP) is 3.03. The Kier molecular flexibility index (Phi) is 5.30. The quantitative estimate of drug-likeness (QED) is 0.792. The van der Waals surface area contributed by atoms with E-state index in [1.54, 1.807) is 0 Å². The molecule has 2 rings (SSSR count). The maximum Gasteiger partial charge on any atom is 0.0166 e. The minimum absolute atomic E-state index is 0.663. The van der Waals surface area contributed by atoms with Gasteiger partial charge in [0.1, 0.15) is 0 Å². The molecule has 1 aliphatic heterocycles. The number of fused-ring (bicyclic) bond motifs is 1. The van der Waals surface area contributed by atoms with Crippen molar-refractivity contribution in [3.63, 3.8) is 0 Å². The zero-order valence-corrected chi connectivity index (χ0v) is 11.8. The summed E-state index contributed by atoms with van der Waals surface area (Å²) in [6.07, 6.45) is 10.1. The van der Waals surface area contributed by atoms with Gasteiger partial charge >= 0.3 is 0 Å². The molecule has 1 heterocycles. The van der Waals surface area contributed by atoms with E-state index in [1.165, 1.54) is 64.6 Å². The van der Waals surface area contributed by atoms with E-state index >= 15 is 0 Å². The molecule has 0 amide bonds. The highest BCUT2D eigenvalue weighted by Gasteiger charge is 2.33. The van der Waals surface area contributed by atoms with Crippen molar-refractivity contribution in [2.75, 3.05) is 19.6 Å². The Hall–Kier alpha value is -0.0800. The molecule has 0 aromatic heterocycles. The number of hydrogen-bond donors (Lipinski definition) is 1. The Balaban J connectivity index is 1.81. The third-order valence-electron chi connectivity index (χ3n) is 4.61. The summed E-state index contributed by atoms with van der Waals surface area (Å²) in [5.74, 6) is 1.02. The monoisotopic (exact) mass is 238 g/mol. The average Bonchev–Trinajstić information content (AvgIpc) is 2.37. The molecule has 0 radical (unpaired) electrons. The first-order chi connectivity index (χ1) is 8.31. The Morgan fingerprint density at radius 2 is 1.94 bits per heavy atom. The van der Waals surface area contributed by atoms with E-state index < -0.39 is 0 Å². The SMILES string of the molecule is CCCNC(C)CN1CCC[C@H]2CCCC[C@H]21. The van der Waals surface area contributed by atoms with Gasteiger partial charge < -0.3 is 5.32 Å². The topological polar surface area (TPSA) is 15.3 Å². The van der Waals surface area contributed by atoms with E-state index in [-0.39, 0.29) is 0 Å². The van der Waals surface area contributed by atoms with E-state index in [0.29, 0.717) is 6.04 Å². The fraction of sp³-hybridized carbons (Fsp3) is 1.00. The van der Waals surface area contributed by atoms with E-state index in [4.69, 9.17) is 0 Å². The molecule has 1 saturated carbocycles. The van der Waals surface area contributed by atoms with Crippen LogP contribution in [0.25, 0.3) is 0 Å². The minimum atomic E-state index is 0.663. The lowest BCUT2D eigenvalue weighted by Crippen LogP contribution is -2.51. The number of likely N-dealkylation sites (tertiary alicyclic amines) is 1. The summed E-state index contributed by atoms with van der Waals surface area (Å²) in [6.45, 7) is 8.38. The van der Waals surface area contributed by atoms with Crippen molar-refractivity contribution in [3.05, 3.63) is 0 Å². The first-order valence-electron chi connectivity index (χ1n) is 7.78. The summed E-state index contributed by atoms with van der Waals surface area (Å²) < 4.78 is 0. The van der Waals surface area contributed by atoms with Gasteiger partial charge in [-0.15, -0.1) is 0 Å². The van der Waals surface area contributed by atoms with Gasteiger partial charge in [0.25, 0.3) is 0 Å². The fourth-order valence-corrected chi connectivity index (χ4v) is 3.76. The number of hydrogen-bond acceptors (Lipinski definition) is 2. The van der Waals surface area contributed by atoms with Crippen molar-refractivity contribution in [1.29, 1.82) is 0 Å². The molecule has 0 aromatic rings. The van der Waals surface area contributed by atoms with Crippen LogP contribution in [0.5, 0.6) is 0 Å². The van der Waals surface area contributed by atoms with E-state index in [0.717, 1.165) is 12.0 Å². The zero-order chi connectivity index (χ0) is 12.1. The van der Waals surface area contributed by atoms with Gasteiger partial charge in [0.2, 0.25) is 0 Å². The Bertz CT molecular complexity index is 215. The maximum absolute atomic E-state index is 3.63. The summed E-state index contributed by atoms with van der Waals surface area (Å²) >= 11 is 0. The van der Waals surface area contributed by atoms with E-state index in [2.05, 4.69) is 24.1 Å². The van der Waals surface area contributed by atoms with Crippen molar-refractivity contribution in [1.82, 2.24) is 10.2 Å². The molecule has 3 atom stereocenters. The molecular formula is C15H30N2. The Labute approximate surface area is 107 Å². The van der Waals surface area contributed by atoms with Crippen molar-refractivity contribution >= 4 is 0 Å². The van der Waals surface area contributed by atoms with Gasteiger partial charge in [-0.1, -0.05) is 19.8 Å². The lowest BCUT2D eigenvalue weighted by atomic mass is 9.78. The van der Waals surface area contributed by atoms with Gasteiger partial charge in [0.15, 0.2) is 0 Å². The van der Waals surface area contributed by atoms with Crippen LogP contribution in [0.4, 0.5) is 0 Å². The molecule has 2 fully saturated rings. The van der Waals surface area contributed by atoms with Crippen LogP contribution in [0.1, 0.15) is 58.8 Å². The molecule has 2 heteroatoms. The highest BCUT2D eigenvalue weighted by Crippen LogP contribution is 2.35. The highest BCUT2D eigenvalue weighted by atomic mass is 15.2. The highest BCUT2D eigenvalue weighted by molar-refractivity contribution is 4.88. The number of rotatable bonds is 5. The van der Waals surface area contributed by atoms with Crippen LogP contribution in [0, 0.1) is 5.92 Å². The normalized spacial score (nSPS) is 32.1. The van der Waals surface area contributed by atoms with Gasteiger partial charge in [0, 0.05) is 18.6 Å². The summed E-state index contributed by atoms with van der Waals surface area (Å²) in [7, 11) is 0. The second kappa shape index (κ2) is 6.75. The largest absolute Gasteiger partial charge is 0.313 e. The molecule has 1 saturated heterocycles. The molecule has 2 aliphatic rings. The van der Waals surface area contributed by atoms with Gasteiger partial charge in [0.05, 0.1) is 0 Å². The van der Waals surface area contributed by atoms with E-state index in [1.807, 2.05) is 0 Å². The molecule has 1 aliphatic carbocycles. The lowest BCUT2D eigenvalue weighted by molar-refractivity contribution is 0.0545. The van der Waals surface area contributed by atoms with Gasteiger partial charge in [-0.05, 0) is 58.0 Å². The van der Waals surface area contributed by atoms with Crippen molar-refractivity contribution in [2.45, 2.75) is 70.9 Å². The molecule has 100 valence electrons. The number of nitrogens with zero attached hydrogens (tertiary/aromatic N) is 1. The van der Waals surface area contributed by atoms with Gasteiger partial charge in [-0.25, -0.2) is 0 Å². The Morgan fingerprint density at radius 3 is 2.76 bits per heavy atom. The van der Waals surface area contributed by atoms with Gasteiger partial charge in [-0.3, -0.25) is 4.90 Å². The van der Waals surface area contributed by atoms with Crippen LogP contribution < -0.4 is 5.32 Å². The third-order valence-corrected chi connectivity index (χ3v) is 4.61. The van der Waals surface area contributed by atoms with Crippen LogP contribution in [-0.2, 0) is 0 Å². The summed E-state index contributed by atoms with van der Waals surface area (Å²) in [4.78, 5) is 2.79. The molecular weight excluding hydrogens is 208 g/mol. The standard InChI is InChI=1S/C15H30N2/c1-3-10-16-13(2)12-17-11-6-8-14-7-4-5-9-15(14)17/h13-16H,3-12H2,1-2H3/t13?,14-,15-/m1/s1. The van der Waals surface area contributed by atoms with Crippen LogP contribution in [-0.4, -0.2) is 36.6 Å². The first-order valence-corrected chi connectivity index (χ1v) is 7.78. The molecule has 17 heavy (non-hydrogen) atoms. The zero-order valence-electron chi connectivity index (χ0n) is 11.8. The summed E-state index contributed by atoms with van der Waals surface area (Å²) in [6, 6.07) is 1.58. The smallest absolute Gasteiger partial charge is 0.0166 e. The molecule has 1 unspecified atom stereocenters. The lowest BCUT2D eigenvalue weighted by Gasteiger charge is -2.45. The van der Waals surface area contributed by atoms with Crippen molar-refractivity contribution < 1.29 is 0 Å². The number of nitrogens with one attached hydrogen (secondary N) is 1.